The summed E-state index contributed by atoms with van der Waals surface area (Å²) in [6.07, 6.45) is 5.64. The van der Waals surface area contributed by atoms with Gasteiger partial charge in [-0.25, -0.2) is 9.78 Å². The van der Waals surface area contributed by atoms with E-state index in [9.17, 15) is 0 Å². The van der Waals surface area contributed by atoms with E-state index in [2.05, 4.69) is 23.8 Å². The molecule has 0 aromatic rings. The molecule has 0 fully saturated rings. The zero-order chi connectivity index (χ0) is 14.1. The minimum Gasteiger partial charge on any atom is -0.294 e. The summed E-state index contributed by atoms with van der Waals surface area (Å²) in [5.41, 5.74) is -1.05. The largest absolute Gasteiger partial charge is 0.294 e. The van der Waals surface area contributed by atoms with Crippen LogP contribution in [-0.4, -0.2) is 36.7 Å². The van der Waals surface area contributed by atoms with Gasteiger partial charge in [-0.05, 0) is 40.5 Å². The lowest BCUT2D eigenvalue weighted by Crippen LogP contribution is -2.34. The van der Waals surface area contributed by atoms with Crippen LogP contribution in [0.15, 0.2) is 9.98 Å². The maximum Gasteiger partial charge on any atom is 0.132 e. The first-order valence-corrected chi connectivity index (χ1v) is 6.72. The summed E-state index contributed by atoms with van der Waals surface area (Å²) >= 11 is 0. The molecule has 0 unspecified atom stereocenters. The standard InChI is InChI=1S/C14H28N2O2/c1-7-9-15-11-13(3,4)17-18-14(5,6)12-16-10-8-2/h11-12H,7-10H2,1-6H3. The van der Waals surface area contributed by atoms with Gasteiger partial charge in [-0.3, -0.25) is 9.98 Å². The molecule has 0 aromatic heterocycles. The second-order valence-electron chi connectivity index (χ2n) is 5.44. The van der Waals surface area contributed by atoms with Crippen LogP contribution in [0.1, 0.15) is 54.4 Å². The Hall–Kier alpha value is -0.740. The molecule has 0 bridgehead atoms. The van der Waals surface area contributed by atoms with E-state index in [1.54, 1.807) is 12.4 Å². The molecule has 18 heavy (non-hydrogen) atoms. The summed E-state index contributed by atoms with van der Waals surface area (Å²) in [5.74, 6) is 0. The van der Waals surface area contributed by atoms with Crippen molar-refractivity contribution in [1.29, 1.82) is 0 Å². The smallest absolute Gasteiger partial charge is 0.132 e. The molecule has 0 atom stereocenters. The lowest BCUT2D eigenvalue weighted by molar-refractivity contribution is -0.367. The minimum absolute atomic E-state index is 0.523. The third-order valence-electron chi connectivity index (χ3n) is 1.98. The molecule has 0 N–H and O–H groups in total. The van der Waals surface area contributed by atoms with E-state index in [0.717, 1.165) is 25.9 Å². The maximum absolute atomic E-state index is 5.43. The van der Waals surface area contributed by atoms with Crippen LogP contribution >= 0.6 is 0 Å². The zero-order valence-corrected chi connectivity index (χ0v) is 12.7. The second-order valence-corrected chi connectivity index (χ2v) is 5.44. The van der Waals surface area contributed by atoms with E-state index in [1.165, 1.54) is 0 Å². The average Bonchev–Trinajstić information content (AvgIpc) is 2.27. The van der Waals surface area contributed by atoms with Gasteiger partial charge in [0, 0.05) is 25.5 Å². The van der Waals surface area contributed by atoms with Gasteiger partial charge in [0.1, 0.15) is 11.2 Å². The van der Waals surface area contributed by atoms with Crippen LogP contribution in [0.5, 0.6) is 0 Å². The number of aliphatic imine (C=N–C) groups is 2. The molecule has 0 saturated heterocycles. The Morgan fingerprint density at radius 3 is 1.39 bits per heavy atom. The van der Waals surface area contributed by atoms with Crippen LogP contribution in [0.25, 0.3) is 0 Å². The monoisotopic (exact) mass is 256 g/mol. The molecule has 0 spiro atoms. The highest BCUT2D eigenvalue weighted by molar-refractivity contribution is 5.68. The Labute approximate surface area is 111 Å². The van der Waals surface area contributed by atoms with Crippen molar-refractivity contribution < 1.29 is 9.78 Å². The predicted molar refractivity (Wildman–Crippen MR) is 77.6 cm³/mol. The highest BCUT2D eigenvalue weighted by Gasteiger charge is 2.23. The third-order valence-corrected chi connectivity index (χ3v) is 1.98. The van der Waals surface area contributed by atoms with Crippen molar-refractivity contribution >= 4 is 12.4 Å². The molecule has 4 heteroatoms. The van der Waals surface area contributed by atoms with Crippen LogP contribution in [0.3, 0.4) is 0 Å². The molecule has 0 rings (SSSR count). The maximum atomic E-state index is 5.43. The highest BCUT2D eigenvalue weighted by Crippen LogP contribution is 2.14. The normalized spacial score (nSPS) is 13.9. The SMILES string of the molecule is CCCN=CC(C)(C)OOC(C)(C)C=NCCC. The molecule has 0 aliphatic heterocycles. The molecule has 0 saturated carbocycles. The fourth-order valence-electron chi connectivity index (χ4n) is 1.08. The minimum atomic E-state index is -0.523. The molecule has 106 valence electrons. The molecule has 0 aliphatic rings. The lowest BCUT2D eigenvalue weighted by atomic mass is 10.1. The first-order valence-electron chi connectivity index (χ1n) is 6.72. The summed E-state index contributed by atoms with van der Waals surface area (Å²) in [6, 6.07) is 0. The van der Waals surface area contributed by atoms with Gasteiger partial charge in [0.05, 0.1) is 0 Å². The van der Waals surface area contributed by atoms with Gasteiger partial charge in [0.25, 0.3) is 0 Å². The number of hydrogen-bond donors (Lipinski definition) is 0. The summed E-state index contributed by atoms with van der Waals surface area (Å²) in [5, 5.41) is 0. The number of hydrogen-bond acceptors (Lipinski definition) is 4. The van der Waals surface area contributed by atoms with Crippen molar-refractivity contribution in [1.82, 2.24) is 0 Å². The summed E-state index contributed by atoms with van der Waals surface area (Å²) in [4.78, 5) is 19.4. The first-order chi connectivity index (χ1) is 8.33. The fraction of sp³-hybridized carbons (Fsp3) is 0.857. The van der Waals surface area contributed by atoms with Crippen LogP contribution < -0.4 is 0 Å². The van der Waals surface area contributed by atoms with E-state index in [4.69, 9.17) is 9.78 Å². The fourth-order valence-corrected chi connectivity index (χ4v) is 1.08. The Kier molecular flexibility index (Phi) is 8.03. The van der Waals surface area contributed by atoms with Crippen molar-refractivity contribution in [2.75, 3.05) is 13.1 Å². The van der Waals surface area contributed by atoms with Crippen LogP contribution in [-0.2, 0) is 9.78 Å². The highest BCUT2D eigenvalue weighted by atomic mass is 17.2. The molecular weight excluding hydrogens is 228 g/mol. The van der Waals surface area contributed by atoms with Gasteiger partial charge in [-0.15, -0.1) is 0 Å². The molecule has 0 aromatic carbocycles. The lowest BCUT2D eigenvalue weighted by Gasteiger charge is -2.25. The van der Waals surface area contributed by atoms with Crippen molar-refractivity contribution in [2.45, 2.75) is 65.6 Å². The van der Waals surface area contributed by atoms with Gasteiger partial charge in [-0.2, -0.15) is 0 Å². The van der Waals surface area contributed by atoms with E-state index in [0.29, 0.717) is 0 Å². The van der Waals surface area contributed by atoms with Crippen LogP contribution in [0, 0.1) is 0 Å². The van der Waals surface area contributed by atoms with Gasteiger partial charge in [0.2, 0.25) is 0 Å². The Balaban J connectivity index is 4.19. The van der Waals surface area contributed by atoms with Crippen LogP contribution in [0.2, 0.25) is 0 Å². The van der Waals surface area contributed by atoms with E-state index >= 15 is 0 Å². The zero-order valence-electron chi connectivity index (χ0n) is 12.7. The summed E-state index contributed by atoms with van der Waals surface area (Å²) < 4.78 is 0. The molecule has 0 heterocycles. The third kappa shape index (κ3) is 9.31. The molecular formula is C14H28N2O2. The Morgan fingerprint density at radius 1 is 0.778 bits per heavy atom. The molecule has 4 nitrogen and oxygen atoms in total. The number of nitrogens with zero attached hydrogens (tertiary/aromatic N) is 2. The molecule has 0 aliphatic carbocycles. The summed E-state index contributed by atoms with van der Waals surface area (Å²) in [6.45, 7) is 13.5. The topological polar surface area (TPSA) is 43.2 Å². The van der Waals surface area contributed by atoms with E-state index in [1.807, 2.05) is 27.7 Å². The van der Waals surface area contributed by atoms with Gasteiger partial charge >= 0.3 is 0 Å². The van der Waals surface area contributed by atoms with Crippen molar-refractivity contribution in [2.24, 2.45) is 9.98 Å². The number of rotatable bonds is 9. The van der Waals surface area contributed by atoms with Crippen molar-refractivity contribution in [3.8, 4) is 0 Å². The quantitative estimate of drug-likeness (QED) is 0.360. The Morgan fingerprint density at radius 2 is 1.11 bits per heavy atom. The van der Waals surface area contributed by atoms with Gasteiger partial charge < -0.3 is 0 Å². The van der Waals surface area contributed by atoms with E-state index < -0.39 is 11.2 Å². The van der Waals surface area contributed by atoms with E-state index in [-0.39, 0.29) is 0 Å². The predicted octanol–water partition coefficient (Wildman–Crippen LogP) is 3.45. The second kappa shape index (κ2) is 8.38. The Bertz CT molecular complexity index is 243. The average molecular weight is 256 g/mol. The molecule has 0 radical (unpaired) electrons. The van der Waals surface area contributed by atoms with Gasteiger partial charge in [-0.1, -0.05) is 13.8 Å². The first kappa shape index (κ1) is 17.3. The molecule has 0 amide bonds. The summed E-state index contributed by atoms with van der Waals surface area (Å²) in [7, 11) is 0. The van der Waals surface area contributed by atoms with Gasteiger partial charge in [0.15, 0.2) is 0 Å². The van der Waals surface area contributed by atoms with Crippen molar-refractivity contribution in [3.63, 3.8) is 0 Å². The van der Waals surface area contributed by atoms with Crippen molar-refractivity contribution in [3.05, 3.63) is 0 Å². The van der Waals surface area contributed by atoms with Crippen LogP contribution in [0.4, 0.5) is 0 Å².